The van der Waals surface area contributed by atoms with E-state index in [1.54, 1.807) is 0 Å². The number of alkyl halides is 1. The first-order valence-corrected chi connectivity index (χ1v) is 8.30. The Morgan fingerprint density at radius 2 is 1.50 bits per heavy atom. The minimum Gasteiger partial charge on any atom is -0.0901 e. The van der Waals surface area contributed by atoms with Crippen LogP contribution in [-0.2, 0) is 0 Å². The molecule has 1 nitrogen and oxygen atoms in total. The van der Waals surface area contributed by atoms with Gasteiger partial charge in [-0.3, -0.25) is 0 Å². The molecule has 3 radical (unpaired) electrons. The maximum Gasteiger partial charge on any atom is -0.0121 e. The fourth-order valence-electron chi connectivity index (χ4n) is 1.26. The van der Waals surface area contributed by atoms with Crippen LogP contribution in [-0.4, -0.2) is 40.5 Å². The van der Waals surface area contributed by atoms with Gasteiger partial charge in [-0.2, -0.15) is 0 Å². The molecular weight excluding hydrogens is 392 g/mol. The van der Waals surface area contributed by atoms with E-state index in [2.05, 4.69) is 65.6 Å². The van der Waals surface area contributed by atoms with Gasteiger partial charge in [0.05, 0.1) is 0 Å². The van der Waals surface area contributed by atoms with Gasteiger partial charge in [0.1, 0.15) is 0 Å². The number of hydrogen-bond donors (Lipinski definition) is 0. The van der Waals surface area contributed by atoms with Crippen molar-refractivity contribution in [3.8, 4) is 0 Å². The minimum atomic E-state index is 1.09. The van der Waals surface area contributed by atoms with Crippen molar-refractivity contribution in [3.05, 3.63) is 24.3 Å². The first-order valence-electron chi connectivity index (χ1n) is 4.72. The molecule has 1 rings (SSSR count). The van der Waals surface area contributed by atoms with Crippen molar-refractivity contribution in [2.75, 3.05) is 22.9 Å². The Hall–Kier alpha value is 0.549. The summed E-state index contributed by atoms with van der Waals surface area (Å²) in [5, 5.41) is 0. The number of anilines is 1. The van der Waals surface area contributed by atoms with Crippen LogP contribution in [0.15, 0.2) is 24.3 Å². The van der Waals surface area contributed by atoms with Crippen molar-refractivity contribution in [3.63, 3.8) is 0 Å². The number of halogens is 1. The summed E-state index contributed by atoms with van der Waals surface area (Å²) in [6.45, 7) is 6.56. The van der Waals surface area contributed by atoms with Crippen molar-refractivity contribution < 1.29 is 0 Å². The summed E-state index contributed by atoms with van der Waals surface area (Å²) < 4.78 is 1.41. The van der Waals surface area contributed by atoms with Crippen LogP contribution in [0.3, 0.4) is 0 Å². The fourth-order valence-corrected chi connectivity index (χ4v) is 1.74. The Balaban J connectivity index is 0.000000791. The van der Waals surface area contributed by atoms with Crippen molar-refractivity contribution >= 4 is 54.4 Å². The van der Waals surface area contributed by atoms with E-state index < -0.39 is 0 Å². The van der Waals surface area contributed by atoms with Crippen LogP contribution in [0, 0.1) is 0 Å². The van der Waals surface area contributed by atoms with E-state index in [0.717, 1.165) is 13.1 Å². The molecular formula is C11H17INSn. The van der Waals surface area contributed by atoms with Gasteiger partial charge in [0.2, 0.25) is 0 Å². The number of benzene rings is 1. The molecule has 0 heterocycles. The van der Waals surface area contributed by atoms with Gasteiger partial charge >= 0.3 is 87.9 Å². The van der Waals surface area contributed by atoms with Crippen molar-refractivity contribution in [2.24, 2.45) is 0 Å². The van der Waals surface area contributed by atoms with Crippen LogP contribution in [0.1, 0.15) is 13.8 Å². The molecule has 0 atom stereocenters. The summed E-state index contributed by atoms with van der Waals surface area (Å²) in [4.78, 5) is 4.33. The van der Waals surface area contributed by atoms with Gasteiger partial charge < -0.3 is 0 Å². The van der Waals surface area contributed by atoms with Crippen LogP contribution in [0.5, 0.6) is 0 Å². The molecule has 0 saturated carbocycles. The third-order valence-corrected chi connectivity index (χ3v) is 2.95. The molecule has 0 N–H and O–H groups in total. The Labute approximate surface area is 114 Å². The monoisotopic (exact) mass is 410 g/mol. The van der Waals surface area contributed by atoms with Crippen molar-refractivity contribution in [2.45, 2.75) is 13.8 Å². The van der Waals surface area contributed by atoms with Crippen LogP contribution in [0.2, 0.25) is 0 Å². The molecule has 1 aromatic carbocycles. The van der Waals surface area contributed by atoms with Crippen LogP contribution in [0.25, 0.3) is 0 Å². The Morgan fingerprint density at radius 3 is 1.86 bits per heavy atom. The molecule has 14 heavy (non-hydrogen) atoms. The first-order chi connectivity index (χ1) is 6.77. The van der Waals surface area contributed by atoms with Crippen LogP contribution >= 0.6 is 22.6 Å². The van der Waals surface area contributed by atoms with Gasteiger partial charge in [0.25, 0.3) is 0 Å². The zero-order valence-electron chi connectivity index (χ0n) is 9.05. The molecule has 0 amide bonds. The SMILES string of the molecule is CCN(CC)c1cc[c]([Sn])cc1.CI. The van der Waals surface area contributed by atoms with E-state index in [1.165, 1.54) is 31.8 Å². The molecule has 0 spiro atoms. The Bertz CT molecular complexity index is 232. The van der Waals surface area contributed by atoms with Gasteiger partial charge in [0.15, 0.2) is 0 Å². The van der Waals surface area contributed by atoms with Gasteiger partial charge in [-0.05, 0) is 4.93 Å². The third-order valence-electron chi connectivity index (χ3n) is 2.00. The fraction of sp³-hybridized carbons (Fsp3) is 0.455. The summed E-state index contributed by atoms with van der Waals surface area (Å²) in [7, 11) is 0. The predicted octanol–water partition coefficient (Wildman–Crippen LogP) is 2.38. The zero-order chi connectivity index (χ0) is 11.0. The largest absolute Gasteiger partial charge is 0.0901 e. The van der Waals surface area contributed by atoms with Crippen molar-refractivity contribution in [1.29, 1.82) is 0 Å². The molecule has 77 valence electrons. The van der Waals surface area contributed by atoms with E-state index in [4.69, 9.17) is 0 Å². The zero-order valence-corrected chi connectivity index (χ0v) is 14.1. The molecule has 1 aromatic rings. The average Bonchev–Trinajstić information content (AvgIpc) is 2.25. The topological polar surface area (TPSA) is 3.24 Å². The second-order valence-corrected chi connectivity index (χ2v) is 4.37. The molecule has 0 aliphatic rings. The average molecular weight is 409 g/mol. The number of rotatable bonds is 3. The number of nitrogens with zero attached hydrogens (tertiary/aromatic N) is 1. The maximum atomic E-state index is 2.36. The summed E-state index contributed by atoms with van der Waals surface area (Å²) in [5.41, 5.74) is 1.34. The second kappa shape index (κ2) is 8.82. The Kier molecular flexibility index (Phi) is 9.17. The second-order valence-electron chi connectivity index (χ2n) is 2.72. The number of hydrogen-bond acceptors (Lipinski definition) is 1. The van der Waals surface area contributed by atoms with Crippen molar-refractivity contribution in [1.82, 2.24) is 0 Å². The van der Waals surface area contributed by atoms with Crippen LogP contribution in [0.4, 0.5) is 5.69 Å². The molecule has 0 aromatic heterocycles. The molecule has 0 bridgehead atoms. The van der Waals surface area contributed by atoms with Gasteiger partial charge in [-0.15, -0.1) is 0 Å². The smallest absolute Gasteiger partial charge is 0.0121 e. The molecule has 0 aliphatic carbocycles. The van der Waals surface area contributed by atoms with E-state index in [0.29, 0.717) is 0 Å². The standard InChI is InChI=1S/C10H14N.CH3I.Sn/c1-3-11(4-2)10-8-6-5-7-9-10;1-2;/h6-9H,3-4H2,1-2H3;1H3;. The summed E-state index contributed by atoms with van der Waals surface area (Å²) in [6, 6.07) is 8.81. The molecule has 0 fully saturated rings. The van der Waals surface area contributed by atoms with Gasteiger partial charge in [-0.25, -0.2) is 0 Å². The normalized spacial score (nSPS) is 8.93. The summed E-state index contributed by atoms with van der Waals surface area (Å²) in [6.07, 6.45) is 0. The molecule has 0 aliphatic heterocycles. The predicted molar refractivity (Wildman–Crippen MR) is 75.3 cm³/mol. The van der Waals surface area contributed by atoms with Gasteiger partial charge in [-0.1, -0.05) is 22.6 Å². The third kappa shape index (κ3) is 4.86. The Morgan fingerprint density at radius 1 is 1.07 bits per heavy atom. The summed E-state index contributed by atoms with van der Waals surface area (Å²) >= 11 is 3.64. The van der Waals surface area contributed by atoms with E-state index in [9.17, 15) is 0 Å². The summed E-state index contributed by atoms with van der Waals surface area (Å²) in [5.74, 6) is 0. The first kappa shape index (κ1) is 14.5. The van der Waals surface area contributed by atoms with E-state index in [-0.39, 0.29) is 0 Å². The molecule has 3 heteroatoms. The quantitative estimate of drug-likeness (QED) is 0.422. The minimum absolute atomic E-state index is 1.09. The maximum absolute atomic E-state index is 2.36. The van der Waals surface area contributed by atoms with E-state index in [1.807, 2.05) is 4.93 Å². The molecule has 0 saturated heterocycles. The van der Waals surface area contributed by atoms with E-state index >= 15 is 0 Å². The molecule has 0 unspecified atom stereocenters. The van der Waals surface area contributed by atoms with Gasteiger partial charge in [0, 0.05) is 0 Å². The van der Waals surface area contributed by atoms with Crippen LogP contribution < -0.4 is 8.48 Å².